The molecule has 0 aliphatic carbocycles. The number of amidine groups is 2. The number of piperazine rings is 1. The van der Waals surface area contributed by atoms with Gasteiger partial charge in [-0.2, -0.15) is 8.90 Å². The number of nitrogens with two attached hydrogens (primary N) is 2. The molecule has 2 rings (SSSR count). The molecule has 26 heavy (non-hydrogen) atoms. The van der Waals surface area contributed by atoms with Gasteiger partial charge in [0.05, 0.1) is 26.4 Å². The van der Waals surface area contributed by atoms with Crippen molar-refractivity contribution >= 4 is 21.7 Å². The molecule has 0 aromatic carbocycles. The minimum absolute atomic E-state index is 0.254. The second kappa shape index (κ2) is 7.60. The molecule has 2 aliphatic rings. The molecule has 1 saturated heterocycles. The lowest BCUT2D eigenvalue weighted by Gasteiger charge is -2.34. The van der Waals surface area contributed by atoms with E-state index in [-0.39, 0.29) is 5.84 Å². The molecular weight excluding hydrogens is 354 g/mol. The Morgan fingerprint density at radius 3 is 2.42 bits per heavy atom. The quantitative estimate of drug-likeness (QED) is 0.389. The SMILES string of the molecule is CC=CC1=CC(N=C(N)C=C(N)N2CCN(S(C)(=O)=O)CC2)=N[N+]1(C)C. The Balaban J connectivity index is 2.07. The number of nitrogens with zero attached hydrogens (tertiary/aromatic N) is 5. The molecule has 1 fully saturated rings. The lowest BCUT2D eigenvalue weighted by atomic mass is 10.3. The van der Waals surface area contributed by atoms with Crippen molar-refractivity contribution in [3.63, 3.8) is 0 Å². The van der Waals surface area contributed by atoms with E-state index in [1.165, 1.54) is 10.6 Å². The fraction of sp³-hybridized carbons (Fsp3) is 0.500. The van der Waals surface area contributed by atoms with Gasteiger partial charge in [0.1, 0.15) is 11.7 Å². The zero-order valence-corrected chi connectivity index (χ0v) is 16.6. The summed E-state index contributed by atoms with van der Waals surface area (Å²) in [6.45, 7) is 3.78. The van der Waals surface area contributed by atoms with Gasteiger partial charge in [-0.3, -0.25) is 0 Å². The average molecular weight is 383 g/mol. The van der Waals surface area contributed by atoms with Crippen LogP contribution in [0.25, 0.3) is 0 Å². The fourth-order valence-corrected chi connectivity index (χ4v) is 3.60. The molecule has 0 bridgehead atoms. The van der Waals surface area contributed by atoms with E-state index in [0.29, 0.717) is 42.4 Å². The molecule has 0 saturated carbocycles. The first-order valence-electron chi connectivity index (χ1n) is 8.33. The zero-order chi connectivity index (χ0) is 19.5. The average Bonchev–Trinajstić information content (AvgIpc) is 2.80. The van der Waals surface area contributed by atoms with Crippen LogP contribution in [-0.2, 0) is 10.0 Å². The Morgan fingerprint density at radius 1 is 1.27 bits per heavy atom. The van der Waals surface area contributed by atoms with E-state index in [0.717, 1.165) is 5.70 Å². The third kappa shape index (κ3) is 4.93. The Hall–Kier alpha value is -2.17. The lowest BCUT2D eigenvalue weighted by molar-refractivity contribution is -0.853. The van der Waals surface area contributed by atoms with Gasteiger partial charge in [0, 0.05) is 32.3 Å². The van der Waals surface area contributed by atoms with Crippen LogP contribution in [0, 0.1) is 0 Å². The number of likely N-dealkylation sites (N-methyl/N-ethyl adjacent to an activating group) is 1. The van der Waals surface area contributed by atoms with Crippen molar-refractivity contribution in [3.05, 3.63) is 35.8 Å². The Morgan fingerprint density at radius 2 is 1.88 bits per heavy atom. The summed E-state index contributed by atoms with van der Waals surface area (Å²) in [5.41, 5.74) is 13.1. The van der Waals surface area contributed by atoms with Crippen LogP contribution in [0.2, 0.25) is 0 Å². The molecule has 2 heterocycles. The van der Waals surface area contributed by atoms with Crippen LogP contribution in [0.4, 0.5) is 0 Å². The Bertz CT molecular complexity index is 798. The summed E-state index contributed by atoms with van der Waals surface area (Å²) in [6.07, 6.45) is 8.60. The summed E-state index contributed by atoms with van der Waals surface area (Å²) < 4.78 is 24.9. The molecule has 4 N–H and O–H groups in total. The van der Waals surface area contributed by atoms with Crippen molar-refractivity contribution in [1.29, 1.82) is 0 Å². The molecule has 0 amide bonds. The van der Waals surface area contributed by atoms with Gasteiger partial charge in [-0.1, -0.05) is 11.2 Å². The molecule has 2 aliphatic heterocycles. The Labute approximate surface area is 155 Å². The molecule has 0 spiro atoms. The van der Waals surface area contributed by atoms with E-state index in [4.69, 9.17) is 11.5 Å². The molecule has 9 nitrogen and oxygen atoms in total. The van der Waals surface area contributed by atoms with Gasteiger partial charge in [0.25, 0.3) is 0 Å². The maximum Gasteiger partial charge on any atom is 0.216 e. The highest BCUT2D eigenvalue weighted by molar-refractivity contribution is 7.88. The van der Waals surface area contributed by atoms with Crippen LogP contribution in [0.1, 0.15) is 6.92 Å². The molecule has 144 valence electrons. The fourth-order valence-electron chi connectivity index (χ4n) is 2.77. The maximum absolute atomic E-state index is 11.6. The first-order chi connectivity index (χ1) is 12.0. The van der Waals surface area contributed by atoms with Crippen LogP contribution in [0.5, 0.6) is 0 Å². The smallest absolute Gasteiger partial charge is 0.216 e. The van der Waals surface area contributed by atoms with Crippen LogP contribution in [0.15, 0.2) is 45.9 Å². The molecule has 0 aromatic rings. The minimum Gasteiger partial charge on any atom is -0.385 e. The van der Waals surface area contributed by atoms with Crippen molar-refractivity contribution in [3.8, 4) is 0 Å². The normalized spacial score (nSPS) is 22.7. The van der Waals surface area contributed by atoms with Crippen LogP contribution < -0.4 is 11.5 Å². The van der Waals surface area contributed by atoms with Crippen molar-refractivity contribution in [2.24, 2.45) is 21.6 Å². The molecular formula is C16H28N7O2S+. The number of quaternary nitrogens is 1. The second-order valence-electron chi connectivity index (χ2n) is 6.68. The minimum atomic E-state index is -3.17. The van der Waals surface area contributed by atoms with Crippen molar-refractivity contribution in [2.75, 3.05) is 46.5 Å². The van der Waals surface area contributed by atoms with E-state index < -0.39 is 10.0 Å². The second-order valence-corrected chi connectivity index (χ2v) is 8.66. The summed E-state index contributed by atoms with van der Waals surface area (Å²) >= 11 is 0. The number of sulfonamides is 1. The van der Waals surface area contributed by atoms with E-state index in [2.05, 4.69) is 10.1 Å². The van der Waals surface area contributed by atoms with Gasteiger partial charge >= 0.3 is 0 Å². The summed E-state index contributed by atoms with van der Waals surface area (Å²) in [4.78, 5) is 6.21. The predicted molar refractivity (Wildman–Crippen MR) is 104 cm³/mol. The standard InChI is InChI=1S/C16H28N7O2S/c1-5-6-13-11-16(20-23(13,2)3)19-14(17)12-15(18)21-7-9-22(10-8-21)26(4,24)25/h5-6,11-12H,7-10,18H2,1-4H3,(H2,17,19,20)/q+1. The summed E-state index contributed by atoms with van der Waals surface area (Å²) in [5, 5.41) is 4.50. The number of rotatable bonds is 4. The number of aliphatic imine (C=N–C) groups is 1. The zero-order valence-electron chi connectivity index (χ0n) is 15.8. The molecule has 10 heteroatoms. The van der Waals surface area contributed by atoms with E-state index in [1.54, 1.807) is 6.08 Å². The van der Waals surface area contributed by atoms with E-state index in [1.807, 2.05) is 44.1 Å². The maximum atomic E-state index is 11.6. The predicted octanol–water partition coefficient (Wildman–Crippen LogP) is -0.416. The van der Waals surface area contributed by atoms with E-state index >= 15 is 0 Å². The summed E-state index contributed by atoms with van der Waals surface area (Å²) in [5.74, 6) is 1.25. The van der Waals surface area contributed by atoms with Crippen molar-refractivity contribution < 1.29 is 13.0 Å². The van der Waals surface area contributed by atoms with E-state index in [9.17, 15) is 8.42 Å². The first kappa shape index (κ1) is 20.1. The molecule has 0 radical (unpaired) electrons. The Kier molecular flexibility index (Phi) is 5.89. The molecule has 0 unspecified atom stereocenters. The highest BCUT2D eigenvalue weighted by atomic mass is 32.2. The molecule has 0 aromatic heterocycles. The van der Waals surface area contributed by atoms with Gasteiger partial charge in [0.15, 0.2) is 5.70 Å². The van der Waals surface area contributed by atoms with Crippen LogP contribution in [-0.4, -0.2) is 80.4 Å². The van der Waals surface area contributed by atoms with Gasteiger partial charge < -0.3 is 16.4 Å². The van der Waals surface area contributed by atoms with Gasteiger partial charge in [0.2, 0.25) is 15.9 Å². The van der Waals surface area contributed by atoms with Crippen molar-refractivity contribution in [2.45, 2.75) is 6.92 Å². The van der Waals surface area contributed by atoms with Crippen LogP contribution in [0.3, 0.4) is 0 Å². The van der Waals surface area contributed by atoms with Gasteiger partial charge in [-0.05, 0) is 13.0 Å². The third-order valence-corrected chi connectivity index (χ3v) is 5.51. The highest BCUT2D eigenvalue weighted by Crippen LogP contribution is 2.21. The summed E-state index contributed by atoms with van der Waals surface area (Å²) in [7, 11) is 0.742. The first-order valence-corrected chi connectivity index (χ1v) is 10.2. The lowest BCUT2D eigenvalue weighted by Crippen LogP contribution is -2.49. The number of hydrogen-bond acceptors (Lipinski definition) is 6. The molecule has 0 atom stereocenters. The summed E-state index contributed by atoms with van der Waals surface area (Å²) in [6, 6.07) is 0. The van der Waals surface area contributed by atoms with Crippen LogP contribution >= 0.6 is 0 Å². The van der Waals surface area contributed by atoms with Gasteiger partial charge in [-0.25, -0.2) is 13.4 Å². The largest absolute Gasteiger partial charge is 0.385 e. The topological polar surface area (TPSA) is 117 Å². The number of allylic oxidation sites excluding steroid dienone is 2. The highest BCUT2D eigenvalue weighted by Gasteiger charge is 2.28. The van der Waals surface area contributed by atoms with Crippen molar-refractivity contribution in [1.82, 2.24) is 9.21 Å². The monoisotopic (exact) mass is 382 g/mol. The third-order valence-electron chi connectivity index (χ3n) is 4.21. The van der Waals surface area contributed by atoms with Gasteiger partial charge in [-0.15, -0.1) is 0 Å². The number of hydrogen-bond donors (Lipinski definition) is 2.